The Bertz CT molecular complexity index is 778. The number of benzene rings is 2. The minimum Gasteiger partial charge on any atom is -0.354 e. The van der Waals surface area contributed by atoms with Crippen molar-refractivity contribution in [1.29, 1.82) is 0 Å². The van der Waals surface area contributed by atoms with Crippen LogP contribution in [0.15, 0.2) is 53.0 Å². The third kappa shape index (κ3) is 6.95. The predicted octanol–water partition coefficient (Wildman–Crippen LogP) is 4.98. The highest BCUT2D eigenvalue weighted by atomic mass is 79.9. The zero-order valence-corrected chi connectivity index (χ0v) is 18.6. The van der Waals surface area contributed by atoms with Crippen LogP contribution in [-0.2, 0) is 22.6 Å². The topological polar surface area (TPSA) is 49.4 Å². The second-order valence-electron chi connectivity index (χ2n) is 6.77. The summed E-state index contributed by atoms with van der Waals surface area (Å²) in [7, 11) is 0. The van der Waals surface area contributed by atoms with Crippen LogP contribution in [0.5, 0.6) is 0 Å². The van der Waals surface area contributed by atoms with Crippen molar-refractivity contribution in [3.63, 3.8) is 0 Å². The molecule has 2 aromatic rings. The minimum atomic E-state index is -0.555. The van der Waals surface area contributed by atoms with Gasteiger partial charge in [-0.1, -0.05) is 65.1 Å². The third-order valence-electron chi connectivity index (χ3n) is 4.53. The zero-order chi connectivity index (χ0) is 20.5. The quantitative estimate of drug-likeness (QED) is 0.531. The van der Waals surface area contributed by atoms with Crippen LogP contribution in [-0.4, -0.2) is 29.3 Å². The Morgan fingerprint density at radius 3 is 2.29 bits per heavy atom. The van der Waals surface area contributed by atoms with Crippen LogP contribution in [0.2, 0.25) is 5.02 Å². The van der Waals surface area contributed by atoms with Crippen molar-refractivity contribution < 1.29 is 9.59 Å². The predicted molar refractivity (Wildman–Crippen MR) is 117 cm³/mol. The molecule has 0 saturated heterocycles. The molecule has 2 aromatic carbocycles. The molecule has 0 saturated carbocycles. The van der Waals surface area contributed by atoms with E-state index in [9.17, 15) is 9.59 Å². The van der Waals surface area contributed by atoms with Gasteiger partial charge in [-0.2, -0.15) is 0 Å². The number of nitrogens with one attached hydrogen (secondary N) is 1. The molecule has 150 valence electrons. The van der Waals surface area contributed by atoms with Gasteiger partial charge < -0.3 is 10.2 Å². The van der Waals surface area contributed by atoms with Crippen molar-refractivity contribution in [2.24, 2.45) is 0 Å². The molecule has 0 fully saturated rings. The summed E-state index contributed by atoms with van der Waals surface area (Å²) in [6.45, 7) is 4.85. The molecule has 28 heavy (non-hydrogen) atoms. The van der Waals surface area contributed by atoms with E-state index in [1.165, 1.54) is 0 Å². The summed E-state index contributed by atoms with van der Waals surface area (Å²) >= 11 is 9.35. The lowest BCUT2D eigenvalue weighted by Gasteiger charge is -2.29. The van der Waals surface area contributed by atoms with Crippen LogP contribution < -0.4 is 5.32 Å². The molecule has 1 atom stereocenters. The SMILES string of the molecule is CCCCNC(=O)C(C)N(Cc1ccc(Br)cc1)C(=O)Cc1ccc(Cl)cc1. The Kier molecular flexibility index (Phi) is 9.00. The van der Waals surface area contributed by atoms with Gasteiger partial charge in [-0.05, 0) is 48.7 Å². The molecule has 0 aliphatic heterocycles. The molecular formula is C22H26BrClN2O2. The number of hydrogen-bond acceptors (Lipinski definition) is 2. The lowest BCUT2D eigenvalue weighted by Crippen LogP contribution is -2.48. The highest BCUT2D eigenvalue weighted by molar-refractivity contribution is 9.10. The first-order chi connectivity index (χ1) is 13.4. The number of carbonyl (C=O) groups is 2. The van der Waals surface area contributed by atoms with Gasteiger partial charge in [0.25, 0.3) is 0 Å². The van der Waals surface area contributed by atoms with Crippen LogP contribution in [0.4, 0.5) is 0 Å². The molecule has 0 radical (unpaired) electrons. The number of hydrogen-bond donors (Lipinski definition) is 1. The maximum atomic E-state index is 13.0. The fourth-order valence-corrected chi connectivity index (χ4v) is 3.17. The Morgan fingerprint density at radius 2 is 1.68 bits per heavy atom. The molecule has 1 unspecified atom stereocenters. The molecule has 2 rings (SSSR count). The molecule has 0 spiro atoms. The van der Waals surface area contributed by atoms with E-state index in [1.807, 2.05) is 36.4 Å². The van der Waals surface area contributed by atoms with Crippen LogP contribution >= 0.6 is 27.5 Å². The van der Waals surface area contributed by atoms with Crippen LogP contribution in [0, 0.1) is 0 Å². The smallest absolute Gasteiger partial charge is 0.242 e. The molecule has 0 aliphatic carbocycles. The maximum absolute atomic E-state index is 13.0. The van der Waals surface area contributed by atoms with E-state index in [1.54, 1.807) is 24.0 Å². The van der Waals surface area contributed by atoms with Gasteiger partial charge in [0.05, 0.1) is 6.42 Å². The second kappa shape index (κ2) is 11.2. The molecule has 0 heterocycles. The van der Waals surface area contributed by atoms with Crippen molar-refractivity contribution in [3.8, 4) is 0 Å². The van der Waals surface area contributed by atoms with Crippen LogP contribution in [0.25, 0.3) is 0 Å². The number of rotatable bonds is 9. The van der Waals surface area contributed by atoms with Crippen molar-refractivity contribution in [1.82, 2.24) is 10.2 Å². The molecule has 6 heteroatoms. The van der Waals surface area contributed by atoms with Crippen molar-refractivity contribution >= 4 is 39.3 Å². The van der Waals surface area contributed by atoms with Crippen molar-refractivity contribution in [2.45, 2.75) is 45.7 Å². The standard InChI is InChI=1S/C22H26BrClN2O2/c1-3-4-13-25-22(28)16(2)26(15-18-5-9-19(23)10-6-18)21(27)14-17-7-11-20(24)12-8-17/h5-12,16H,3-4,13-15H2,1-2H3,(H,25,28). The van der Waals surface area contributed by atoms with E-state index in [2.05, 4.69) is 28.2 Å². The Hall–Kier alpha value is -1.85. The highest BCUT2D eigenvalue weighted by Gasteiger charge is 2.26. The number of halogens is 2. The lowest BCUT2D eigenvalue weighted by atomic mass is 10.1. The van der Waals surface area contributed by atoms with Gasteiger partial charge in [0, 0.05) is 22.6 Å². The lowest BCUT2D eigenvalue weighted by molar-refractivity contribution is -0.140. The van der Waals surface area contributed by atoms with Gasteiger partial charge in [-0.25, -0.2) is 0 Å². The Balaban J connectivity index is 2.15. The van der Waals surface area contributed by atoms with Gasteiger partial charge in [-0.3, -0.25) is 9.59 Å². The Labute approximate surface area is 180 Å². The molecule has 4 nitrogen and oxygen atoms in total. The van der Waals surface area contributed by atoms with Crippen molar-refractivity contribution in [3.05, 3.63) is 69.2 Å². The average molecular weight is 466 g/mol. The molecule has 0 aromatic heterocycles. The summed E-state index contributed by atoms with van der Waals surface area (Å²) in [5.41, 5.74) is 1.84. The van der Waals surface area contributed by atoms with E-state index in [0.29, 0.717) is 18.1 Å². The largest absolute Gasteiger partial charge is 0.354 e. The first-order valence-corrected chi connectivity index (χ1v) is 10.6. The van der Waals surface area contributed by atoms with E-state index in [4.69, 9.17) is 11.6 Å². The molecule has 0 bridgehead atoms. The van der Waals surface area contributed by atoms with Gasteiger partial charge in [0.15, 0.2) is 0 Å². The molecule has 1 N–H and O–H groups in total. The van der Waals surface area contributed by atoms with Gasteiger partial charge in [0.2, 0.25) is 11.8 Å². The summed E-state index contributed by atoms with van der Waals surface area (Å²) in [5, 5.41) is 3.56. The number of nitrogens with zero attached hydrogens (tertiary/aromatic N) is 1. The summed E-state index contributed by atoms with van der Waals surface area (Å²) < 4.78 is 0.973. The summed E-state index contributed by atoms with van der Waals surface area (Å²) in [6.07, 6.45) is 2.15. The maximum Gasteiger partial charge on any atom is 0.242 e. The summed E-state index contributed by atoms with van der Waals surface area (Å²) in [4.78, 5) is 27.3. The first-order valence-electron chi connectivity index (χ1n) is 9.46. The van der Waals surface area contributed by atoms with Crippen LogP contribution in [0.3, 0.4) is 0 Å². The normalized spacial score (nSPS) is 11.7. The third-order valence-corrected chi connectivity index (χ3v) is 5.31. The van der Waals surface area contributed by atoms with E-state index < -0.39 is 6.04 Å². The number of unbranched alkanes of at least 4 members (excludes halogenated alkanes) is 1. The number of carbonyl (C=O) groups excluding carboxylic acids is 2. The van der Waals surface area contributed by atoms with Gasteiger partial charge >= 0.3 is 0 Å². The highest BCUT2D eigenvalue weighted by Crippen LogP contribution is 2.16. The van der Waals surface area contributed by atoms with E-state index >= 15 is 0 Å². The fourth-order valence-electron chi connectivity index (χ4n) is 2.78. The second-order valence-corrected chi connectivity index (χ2v) is 8.12. The summed E-state index contributed by atoms with van der Waals surface area (Å²) in [5.74, 6) is -0.224. The fraction of sp³-hybridized carbons (Fsp3) is 0.364. The average Bonchev–Trinajstić information content (AvgIpc) is 2.68. The van der Waals surface area contributed by atoms with Gasteiger partial charge in [-0.15, -0.1) is 0 Å². The molecule has 2 amide bonds. The minimum absolute atomic E-state index is 0.0941. The molecular weight excluding hydrogens is 440 g/mol. The van der Waals surface area contributed by atoms with E-state index in [-0.39, 0.29) is 18.2 Å². The zero-order valence-electron chi connectivity index (χ0n) is 16.3. The monoisotopic (exact) mass is 464 g/mol. The van der Waals surface area contributed by atoms with Gasteiger partial charge in [0.1, 0.15) is 6.04 Å². The summed E-state index contributed by atoms with van der Waals surface area (Å²) in [6, 6.07) is 14.4. The first kappa shape index (κ1) is 22.4. The van der Waals surface area contributed by atoms with E-state index in [0.717, 1.165) is 28.4 Å². The molecule has 0 aliphatic rings. The Morgan fingerprint density at radius 1 is 1.07 bits per heavy atom. The van der Waals surface area contributed by atoms with Crippen LogP contribution in [0.1, 0.15) is 37.8 Å². The number of amides is 2. The van der Waals surface area contributed by atoms with Crippen molar-refractivity contribution in [2.75, 3.05) is 6.54 Å².